The Morgan fingerprint density at radius 3 is 2.88 bits per heavy atom. The molecule has 142 valence electrons. The van der Waals surface area contributed by atoms with Crippen LogP contribution in [0.4, 0.5) is 0 Å². The molecule has 1 saturated carbocycles. The molecule has 1 aliphatic carbocycles. The third-order valence-electron chi connectivity index (χ3n) is 5.58. The predicted molar refractivity (Wildman–Crippen MR) is 99.4 cm³/mol. The van der Waals surface area contributed by atoms with Gasteiger partial charge in [0.05, 0.1) is 18.8 Å². The summed E-state index contributed by atoms with van der Waals surface area (Å²) in [5.41, 5.74) is 0. The van der Waals surface area contributed by atoms with Crippen LogP contribution in [-0.4, -0.2) is 35.0 Å². The number of unbranched alkanes of at least 4 members (excludes halogenated alkanes) is 3. The molecule has 1 saturated heterocycles. The zero-order chi connectivity index (χ0) is 18.1. The van der Waals surface area contributed by atoms with Crippen LogP contribution in [0.3, 0.4) is 0 Å². The first-order valence-corrected chi connectivity index (χ1v) is 9.96. The minimum atomic E-state index is -0.721. The largest absolute Gasteiger partial charge is 0.481 e. The van der Waals surface area contributed by atoms with Crippen molar-refractivity contribution in [1.29, 1.82) is 0 Å². The first-order valence-electron chi connectivity index (χ1n) is 9.96. The molecule has 0 aromatic heterocycles. The van der Waals surface area contributed by atoms with E-state index in [4.69, 9.17) is 9.84 Å². The topological polar surface area (TPSA) is 66.8 Å². The minimum absolute atomic E-state index is 0.244. The van der Waals surface area contributed by atoms with Gasteiger partial charge in [-0.25, -0.2) is 0 Å². The number of fused-ring (bicyclic) bond motifs is 2. The summed E-state index contributed by atoms with van der Waals surface area (Å²) in [5.74, 6) is 0.902. The Labute approximate surface area is 152 Å². The van der Waals surface area contributed by atoms with Gasteiger partial charge in [0, 0.05) is 12.3 Å². The predicted octanol–water partition coefficient (Wildman–Crippen LogP) is 4.34. The molecule has 5 atom stereocenters. The number of carboxylic acid groups (broad SMARTS) is 1. The maximum atomic E-state index is 10.5. The van der Waals surface area contributed by atoms with Gasteiger partial charge in [-0.1, -0.05) is 50.5 Å². The molecule has 0 aromatic carbocycles. The zero-order valence-electron chi connectivity index (χ0n) is 15.5. The number of hydrogen-bond acceptors (Lipinski definition) is 3. The number of aliphatic hydroxyl groups excluding tert-OH is 1. The Hall–Kier alpha value is -1.13. The normalized spacial score (nSPS) is 29.8. The van der Waals surface area contributed by atoms with Crippen molar-refractivity contribution in [3.05, 3.63) is 24.3 Å². The molecule has 0 unspecified atom stereocenters. The van der Waals surface area contributed by atoms with Gasteiger partial charge in [-0.15, -0.1) is 0 Å². The van der Waals surface area contributed by atoms with E-state index in [1.54, 1.807) is 0 Å². The van der Waals surface area contributed by atoms with Gasteiger partial charge >= 0.3 is 5.97 Å². The van der Waals surface area contributed by atoms with Crippen molar-refractivity contribution in [3.63, 3.8) is 0 Å². The van der Waals surface area contributed by atoms with Crippen LogP contribution in [-0.2, 0) is 9.53 Å². The lowest BCUT2D eigenvalue weighted by Crippen LogP contribution is -2.27. The van der Waals surface area contributed by atoms with E-state index < -0.39 is 5.97 Å². The maximum Gasteiger partial charge on any atom is 0.303 e. The van der Waals surface area contributed by atoms with E-state index in [1.165, 1.54) is 12.8 Å². The van der Waals surface area contributed by atoms with Gasteiger partial charge in [-0.3, -0.25) is 4.79 Å². The SMILES string of the molecule is CCCCC[C@H](O)/C=C/[C@@H]1[C@@H](CC=CCCCC(=O)O)[C@H]2CO[C@@H]1C2. The summed E-state index contributed by atoms with van der Waals surface area (Å²) in [6.07, 6.45) is 16.7. The van der Waals surface area contributed by atoms with E-state index in [9.17, 15) is 9.90 Å². The number of hydrogen-bond donors (Lipinski definition) is 2. The molecule has 2 rings (SSSR count). The molecule has 0 amide bonds. The van der Waals surface area contributed by atoms with Crippen molar-refractivity contribution in [3.8, 4) is 0 Å². The first kappa shape index (κ1) is 20.2. The van der Waals surface area contributed by atoms with Gasteiger partial charge in [0.1, 0.15) is 0 Å². The smallest absolute Gasteiger partial charge is 0.303 e. The van der Waals surface area contributed by atoms with Crippen molar-refractivity contribution >= 4 is 5.97 Å². The molecule has 0 spiro atoms. The molecular weight excluding hydrogens is 316 g/mol. The average molecular weight is 350 g/mol. The summed E-state index contributed by atoms with van der Waals surface area (Å²) < 4.78 is 5.87. The molecule has 0 aromatic rings. The second-order valence-corrected chi connectivity index (χ2v) is 7.55. The molecule has 1 aliphatic heterocycles. The molecule has 25 heavy (non-hydrogen) atoms. The van der Waals surface area contributed by atoms with Crippen LogP contribution in [0.25, 0.3) is 0 Å². The van der Waals surface area contributed by atoms with Crippen molar-refractivity contribution in [2.45, 2.75) is 76.9 Å². The van der Waals surface area contributed by atoms with Crippen LogP contribution >= 0.6 is 0 Å². The van der Waals surface area contributed by atoms with Crippen LogP contribution in [0.5, 0.6) is 0 Å². The third-order valence-corrected chi connectivity index (χ3v) is 5.58. The number of carboxylic acids is 1. The first-order chi connectivity index (χ1) is 12.1. The molecule has 4 heteroatoms. The molecule has 4 nitrogen and oxygen atoms in total. The van der Waals surface area contributed by atoms with Gasteiger partial charge in [-0.05, 0) is 43.9 Å². The van der Waals surface area contributed by atoms with Gasteiger partial charge in [0.15, 0.2) is 0 Å². The van der Waals surface area contributed by atoms with Gasteiger partial charge in [0.25, 0.3) is 0 Å². The van der Waals surface area contributed by atoms with Crippen LogP contribution in [0.1, 0.15) is 64.7 Å². The quantitative estimate of drug-likeness (QED) is 0.406. The Morgan fingerprint density at radius 2 is 2.12 bits per heavy atom. The molecule has 1 heterocycles. The third kappa shape index (κ3) is 6.59. The standard InChI is InChI=1S/C21H34O4/c1-2-3-6-9-17(22)12-13-19-18(16-14-20(19)25-15-16)10-7-4-5-8-11-21(23)24/h4,7,12-13,16-20,22H,2-3,5-6,8-11,14-15H2,1H3,(H,23,24)/b7-4?,13-12+/t16-,17+,18+,19-,20-/m1/s1. The summed E-state index contributed by atoms with van der Waals surface area (Å²) in [6, 6.07) is 0. The van der Waals surface area contributed by atoms with E-state index in [1.807, 2.05) is 6.08 Å². The molecule has 2 N–H and O–H groups in total. The Bertz CT molecular complexity index is 457. The highest BCUT2D eigenvalue weighted by atomic mass is 16.5. The van der Waals surface area contributed by atoms with E-state index in [2.05, 4.69) is 25.2 Å². The number of aliphatic hydroxyl groups is 1. The molecule has 2 fully saturated rings. The lowest BCUT2D eigenvalue weighted by molar-refractivity contribution is -0.137. The minimum Gasteiger partial charge on any atom is -0.481 e. The lowest BCUT2D eigenvalue weighted by atomic mass is 9.84. The van der Waals surface area contributed by atoms with Crippen molar-refractivity contribution in [2.75, 3.05) is 6.61 Å². The van der Waals surface area contributed by atoms with Crippen molar-refractivity contribution in [2.24, 2.45) is 17.8 Å². The van der Waals surface area contributed by atoms with Gasteiger partial charge in [-0.2, -0.15) is 0 Å². The maximum absolute atomic E-state index is 10.5. The highest BCUT2D eigenvalue weighted by Gasteiger charge is 2.46. The summed E-state index contributed by atoms with van der Waals surface area (Å²) in [6.45, 7) is 3.04. The zero-order valence-corrected chi connectivity index (χ0v) is 15.5. The number of rotatable bonds is 12. The fourth-order valence-corrected chi connectivity index (χ4v) is 4.15. The molecule has 2 aliphatic rings. The number of aliphatic carboxylic acids is 1. The van der Waals surface area contributed by atoms with Gasteiger partial charge < -0.3 is 14.9 Å². The Morgan fingerprint density at radius 1 is 1.28 bits per heavy atom. The molecular formula is C21H34O4. The fourth-order valence-electron chi connectivity index (χ4n) is 4.15. The van der Waals surface area contributed by atoms with Crippen molar-refractivity contribution < 1.29 is 19.7 Å². The number of allylic oxidation sites excluding steroid dienone is 2. The number of ether oxygens (including phenoxy) is 1. The van der Waals surface area contributed by atoms with E-state index >= 15 is 0 Å². The highest BCUT2D eigenvalue weighted by Crippen LogP contribution is 2.47. The number of carbonyl (C=O) groups is 1. The Kier molecular flexibility index (Phi) is 8.70. The van der Waals surface area contributed by atoms with E-state index in [0.717, 1.165) is 38.7 Å². The fraction of sp³-hybridized carbons (Fsp3) is 0.762. The summed E-state index contributed by atoms with van der Waals surface area (Å²) >= 11 is 0. The van der Waals surface area contributed by atoms with Crippen LogP contribution in [0.15, 0.2) is 24.3 Å². The lowest BCUT2D eigenvalue weighted by Gasteiger charge is -2.28. The van der Waals surface area contributed by atoms with Crippen LogP contribution in [0.2, 0.25) is 0 Å². The second-order valence-electron chi connectivity index (χ2n) is 7.55. The average Bonchev–Trinajstić information content (AvgIpc) is 3.17. The summed E-state index contributed by atoms with van der Waals surface area (Å²) in [7, 11) is 0. The highest BCUT2D eigenvalue weighted by molar-refractivity contribution is 5.66. The Balaban J connectivity index is 1.78. The summed E-state index contributed by atoms with van der Waals surface area (Å²) in [5, 5.41) is 18.8. The molecule has 2 bridgehead atoms. The van der Waals surface area contributed by atoms with Gasteiger partial charge in [0.2, 0.25) is 0 Å². The van der Waals surface area contributed by atoms with Crippen LogP contribution in [0, 0.1) is 17.8 Å². The van der Waals surface area contributed by atoms with E-state index in [0.29, 0.717) is 30.3 Å². The van der Waals surface area contributed by atoms with Crippen LogP contribution < -0.4 is 0 Å². The van der Waals surface area contributed by atoms with E-state index in [-0.39, 0.29) is 12.5 Å². The second kappa shape index (κ2) is 10.8. The van der Waals surface area contributed by atoms with Crippen molar-refractivity contribution in [1.82, 2.24) is 0 Å². The molecule has 0 radical (unpaired) electrons. The summed E-state index contributed by atoms with van der Waals surface area (Å²) in [4.78, 5) is 10.5. The monoisotopic (exact) mass is 350 g/mol.